The summed E-state index contributed by atoms with van der Waals surface area (Å²) in [4.78, 5) is 4.23. The van der Waals surface area contributed by atoms with Crippen molar-refractivity contribution in [3.05, 3.63) is 17.5 Å². The fourth-order valence-corrected chi connectivity index (χ4v) is 3.29. The van der Waals surface area contributed by atoms with Gasteiger partial charge in [-0.05, 0) is 24.5 Å². The quantitative estimate of drug-likeness (QED) is 0.433. The van der Waals surface area contributed by atoms with E-state index in [-0.39, 0.29) is 24.0 Å². The molecule has 0 aromatic carbocycles. The molecule has 1 aromatic rings. The van der Waals surface area contributed by atoms with Crippen LogP contribution in [0.3, 0.4) is 0 Å². The molecule has 0 radical (unpaired) electrons. The van der Waals surface area contributed by atoms with E-state index in [4.69, 9.17) is 4.52 Å². The van der Waals surface area contributed by atoms with Gasteiger partial charge in [0.2, 0.25) is 0 Å². The van der Waals surface area contributed by atoms with E-state index < -0.39 is 0 Å². The molecule has 120 valence electrons. The molecule has 1 fully saturated rings. The normalized spacial score (nSPS) is 18.7. The number of halogens is 1. The maximum absolute atomic E-state index is 5.30. The van der Waals surface area contributed by atoms with E-state index in [0.29, 0.717) is 17.7 Å². The van der Waals surface area contributed by atoms with Gasteiger partial charge in [-0.25, -0.2) is 0 Å². The number of hydrogen-bond acceptors (Lipinski definition) is 4. The Balaban J connectivity index is 0.00000220. The van der Waals surface area contributed by atoms with Crippen LogP contribution in [0, 0.1) is 0 Å². The lowest BCUT2D eigenvalue weighted by Gasteiger charge is -2.13. The molecular formula is C14H25IN4OS. The standard InChI is InChI=1S/C14H24N4OS.HI/c1-10(2)13-7-11(19-18-13)8-16-14(15-3)17-9-12-5-4-6-20-12;/h7,10,12H,4-6,8-9H2,1-3H3,(H2,15,16,17);1H. The average molecular weight is 424 g/mol. The van der Waals surface area contributed by atoms with E-state index in [1.54, 1.807) is 7.05 Å². The first-order chi connectivity index (χ1) is 9.69. The van der Waals surface area contributed by atoms with Gasteiger partial charge in [-0.1, -0.05) is 19.0 Å². The van der Waals surface area contributed by atoms with Crippen LogP contribution in [0.5, 0.6) is 0 Å². The van der Waals surface area contributed by atoms with Crippen molar-refractivity contribution in [2.75, 3.05) is 19.3 Å². The summed E-state index contributed by atoms with van der Waals surface area (Å²) in [5.41, 5.74) is 0.993. The van der Waals surface area contributed by atoms with Crippen LogP contribution in [0.15, 0.2) is 15.6 Å². The minimum absolute atomic E-state index is 0. The van der Waals surface area contributed by atoms with Crippen molar-refractivity contribution in [1.29, 1.82) is 0 Å². The Kier molecular flexibility index (Phi) is 8.46. The predicted molar refractivity (Wildman–Crippen MR) is 99.7 cm³/mol. The van der Waals surface area contributed by atoms with E-state index in [9.17, 15) is 0 Å². The van der Waals surface area contributed by atoms with Gasteiger partial charge >= 0.3 is 0 Å². The lowest BCUT2D eigenvalue weighted by Crippen LogP contribution is -2.39. The highest BCUT2D eigenvalue weighted by Gasteiger charge is 2.15. The fourth-order valence-electron chi connectivity index (χ4n) is 2.09. The molecule has 2 N–H and O–H groups in total. The highest BCUT2D eigenvalue weighted by atomic mass is 127. The van der Waals surface area contributed by atoms with Gasteiger partial charge in [0.15, 0.2) is 11.7 Å². The van der Waals surface area contributed by atoms with Gasteiger partial charge in [-0.2, -0.15) is 11.8 Å². The summed E-state index contributed by atoms with van der Waals surface area (Å²) in [7, 11) is 1.79. The smallest absolute Gasteiger partial charge is 0.191 e. The Bertz CT molecular complexity index is 444. The summed E-state index contributed by atoms with van der Waals surface area (Å²) >= 11 is 2.04. The Hall–Kier alpha value is -0.440. The van der Waals surface area contributed by atoms with Crippen LogP contribution in [-0.4, -0.2) is 35.7 Å². The number of guanidine groups is 1. The van der Waals surface area contributed by atoms with Crippen LogP contribution in [0.4, 0.5) is 0 Å². The van der Waals surface area contributed by atoms with Gasteiger partial charge in [0, 0.05) is 24.9 Å². The number of rotatable bonds is 5. The van der Waals surface area contributed by atoms with Crippen LogP contribution in [-0.2, 0) is 6.54 Å². The van der Waals surface area contributed by atoms with Crippen LogP contribution in [0.25, 0.3) is 0 Å². The molecule has 21 heavy (non-hydrogen) atoms. The zero-order chi connectivity index (χ0) is 14.4. The van der Waals surface area contributed by atoms with E-state index in [1.807, 2.05) is 17.8 Å². The van der Waals surface area contributed by atoms with E-state index >= 15 is 0 Å². The molecule has 7 heteroatoms. The maximum Gasteiger partial charge on any atom is 0.191 e. The summed E-state index contributed by atoms with van der Waals surface area (Å²) in [5, 5.41) is 11.4. The molecule has 0 aliphatic carbocycles. The van der Waals surface area contributed by atoms with Crippen molar-refractivity contribution in [3.63, 3.8) is 0 Å². The molecule has 1 aliphatic heterocycles. The van der Waals surface area contributed by atoms with Crippen molar-refractivity contribution in [2.45, 2.75) is 44.4 Å². The highest BCUT2D eigenvalue weighted by molar-refractivity contribution is 14.0. The summed E-state index contributed by atoms with van der Waals surface area (Å²) in [6.07, 6.45) is 2.63. The molecule has 0 saturated carbocycles. The van der Waals surface area contributed by atoms with Gasteiger partial charge in [0.25, 0.3) is 0 Å². The Labute approximate surface area is 148 Å². The number of aliphatic imine (C=N–C) groups is 1. The van der Waals surface area contributed by atoms with Gasteiger partial charge in [-0.15, -0.1) is 24.0 Å². The van der Waals surface area contributed by atoms with Crippen LogP contribution >= 0.6 is 35.7 Å². The van der Waals surface area contributed by atoms with Crippen molar-refractivity contribution in [2.24, 2.45) is 4.99 Å². The van der Waals surface area contributed by atoms with Crippen molar-refractivity contribution < 1.29 is 4.52 Å². The number of nitrogens with one attached hydrogen (secondary N) is 2. The first-order valence-electron chi connectivity index (χ1n) is 7.20. The molecule has 0 bridgehead atoms. The summed E-state index contributed by atoms with van der Waals surface area (Å²) in [6, 6.07) is 2.00. The van der Waals surface area contributed by atoms with E-state index in [2.05, 4.69) is 34.6 Å². The van der Waals surface area contributed by atoms with Gasteiger partial charge in [0.05, 0.1) is 12.2 Å². The Morgan fingerprint density at radius 1 is 1.52 bits per heavy atom. The third-order valence-corrected chi connectivity index (χ3v) is 4.74. The topological polar surface area (TPSA) is 62.5 Å². The molecule has 1 aliphatic rings. The third-order valence-electron chi connectivity index (χ3n) is 3.34. The maximum atomic E-state index is 5.30. The van der Waals surface area contributed by atoms with Gasteiger partial charge in [-0.3, -0.25) is 4.99 Å². The molecule has 1 aromatic heterocycles. The molecule has 2 rings (SSSR count). The summed E-state index contributed by atoms with van der Waals surface area (Å²) < 4.78 is 5.30. The monoisotopic (exact) mass is 424 g/mol. The summed E-state index contributed by atoms with van der Waals surface area (Å²) in [6.45, 7) is 5.79. The number of aromatic nitrogens is 1. The second-order valence-corrected chi connectivity index (χ2v) is 6.72. The molecule has 2 heterocycles. The third kappa shape index (κ3) is 6.06. The molecule has 1 saturated heterocycles. The predicted octanol–water partition coefficient (Wildman–Crippen LogP) is 2.98. The zero-order valence-electron chi connectivity index (χ0n) is 12.9. The van der Waals surface area contributed by atoms with Crippen molar-refractivity contribution in [3.8, 4) is 0 Å². The van der Waals surface area contributed by atoms with Crippen LogP contribution < -0.4 is 10.6 Å². The number of hydrogen-bond donors (Lipinski definition) is 2. The van der Waals surface area contributed by atoms with E-state index in [1.165, 1.54) is 18.6 Å². The lowest BCUT2D eigenvalue weighted by molar-refractivity contribution is 0.372. The van der Waals surface area contributed by atoms with Gasteiger partial charge in [0.1, 0.15) is 0 Å². The molecular weight excluding hydrogens is 399 g/mol. The molecule has 0 spiro atoms. The summed E-state index contributed by atoms with van der Waals surface area (Å²) in [5.74, 6) is 3.34. The van der Waals surface area contributed by atoms with Crippen molar-refractivity contribution >= 4 is 41.7 Å². The second-order valence-electron chi connectivity index (χ2n) is 5.31. The molecule has 0 amide bonds. The van der Waals surface area contributed by atoms with Gasteiger partial charge < -0.3 is 15.2 Å². The SMILES string of the molecule is CN=C(NCc1cc(C(C)C)no1)NCC1CCCS1.I. The number of nitrogens with zero attached hydrogens (tertiary/aromatic N) is 2. The average Bonchev–Trinajstić information content (AvgIpc) is 3.10. The molecule has 1 atom stereocenters. The van der Waals surface area contributed by atoms with Crippen LogP contribution in [0.1, 0.15) is 44.1 Å². The second kappa shape index (κ2) is 9.55. The number of thioether (sulfide) groups is 1. The van der Waals surface area contributed by atoms with Crippen LogP contribution in [0.2, 0.25) is 0 Å². The minimum atomic E-state index is 0. The Morgan fingerprint density at radius 2 is 2.33 bits per heavy atom. The largest absolute Gasteiger partial charge is 0.359 e. The Morgan fingerprint density at radius 3 is 2.90 bits per heavy atom. The molecule has 5 nitrogen and oxygen atoms in total. The minimum Gasteiger partial charge on any atom is -0.359 e. The highest BCUT2D eigenvalue weighted by Crippen LogP contribution is 2.25. The van der Waals surface area contributed by atoms with Crippen molar-refractivity contribution in [1.82, 2.24) is 15.8 Å². The molecule has 1 unspecified atom stereocenters. The fraction of sp³-hybridized carbons (Fsp3) is 0.714. The first-order valence-corrected chi connectivity index (χ1v) is 8.25. The zero-order valence-corrected chi connectivity index (χ0v) is 16.0. The lowest BCUT2D eigenvalue weighted by atomic mass is 10.1. The first kappa shape index (κ1) is 18.6. The van der Waals surface area contributed by atoms with E-state index in [0.717, 1.165) is 24.0 Å².